The van der Waals surface area contributed by atoms with Gasteiger partial charge in [-0.25, -0.2) is 8.78 Å². The highest BCUT2D eigenvalue weighted by Crippen LogP contribution is 2.40. The molecule has 1 fully saturated rings. The molecule has 3 heterocycles. The molecule has 2 N–H and O–H groups in total. The van der Waals surface area contributed by atoms with Crippen LogP contribution in [-0.2, 0) is 19.1 Å². The standard InChI is InChI=1S/C19H19F5N4O/c20-11-7-13(16(14(21)8-11)19(22,23)24)10-2-5-28(6-3-10)18(29)17-12-1-4-25-9-15(12)26-27-17/h7-8,10,25H,1-6,9H2,(H,26,27). The first-order valence-electron chi connectivity index (χ1n) is 9.38. The molecule has 0 atom stereocenters. The quantitative estimate of drug-likeness (QED) is 0.741. The van der Waals surface area contributed by atoms with Gasteiger partial charge in [0.15, 0.2) is 5.69 Å². The van der Waals surface area contributed by atoms with E-state index in [0.717, 1.165) is 23.9 Å². The molecule has 4 rings (SSSR count). The molecule has 2 aliphatic rings. The van der Waals surface area contributed by atoms with Crippen LogP contribution in [0.4, 0.5) is 22.0 Å². The molecule has 0 radical (unpaired) electrons. The molecular weight excluding hydrogens is 395 g/mol. The Hall–Kier alpha value is -2.49. The number of alkyl halides is 3. The number of hydrogen-bond donors (Lipinski definition) is 2. The van der Waals surface area contributed by atoms with E-state index in [0.29, 0.717) is 18.7 Å². The summed E-state index contributed by atoms with van der Waals surface area (Å²) in [6.45, 7) is 1.72. The maximum Gasteiger partial charge on any atom is 0.419 e. The topological polar surface area (TPSA) is 61.0 Å². The fourth-order valence-electron chi connectivity index (χ4n) is 4.18. The molecule has 0 bridgehead atoms. The lowest BCUT2D eigenvalue weighted by atomic mass is 9.85. The average molecular weight is 414 g/mol. The van der Waals surface area contributed by atoms with E-state index in [2.05, 4.69) is 15.5 Å². The van der Waals surface area contributed by atoms with Gasteiger partial charge in [0.2, 0.25) is 0 Å². The molecule has 1 aromatic carbocycles. The molecule has 1 saturated heterocycles. The third-order valence-corrected chi connectivity index (χ3v) is 5.60. The molecule has 5 nitrogen and oxygen atoms in total. The minimum absolute atomic E-state index is 0.186. The summed E-state index contributed by atoms with van der Waals surface area (Å²) in [5, 5.41) is 10.1. The third-order valence-electron chi connectivity index (χ3n) is 5.60. The van der Waals surface area contributed by atoms with E-state index in [9.17, 15) is 26.7 Å². The monoisotopic (exact) mass is 414 g/mol. The number of carbonyl (C=O) groups excluding carboxylic acids is 1. The predicted octanol–water partition coefficient (Wildman–Crippen LogP) is 3.37. The normalized spacial score (nSPS) is 18.0. The minimum atomic E-state index is -4.91. The fraction of sp³-hybridized carbons (Fsp3) is 0.474. The van der Waals surface area contributed by atoms with E-state index in [1.54, 1.807) is 0 Å². The number of benzene rings is 1. The second kappa shape index (κ2) is 7.40. The van der Waals surface area contributed by atoms with Gasteiger partial charge >= 0.3 is 6.18 Å². The molecule has 0 unspecified atom stereocenters. The summed E-state index contributed by atoms with van der Waals surface area (Å²) in [4.78, 5) is 14.4. The zero-order valence-electron chi connectivity index (χ0n) is 15.4. The maximum atomic E-state index is 13.9. The lowest BCUT2D eigenvalue weighted by Crippen LogP contribution is -2.39. The van der Waals surface area contributed by atoms with Crippen molar-refractivity contribution < 1.29 is 26.7 Å². The van der Waals surface area contributed by atoms with Gasteiger partial charge in [-0.2, -0.15) is 18.3 Å². The molecule has 0 saturated carbocycles. The molecule has 156 valence electrons. The van der Waals surface area contributed by atoms with Crippen LogP contribution in [0.1, 0.15) is 51.6 Å². The number of nitrogens with one attached hydrogen (secondary N) is 2. The number of aromatic nitrogens is 2. The summed E-state index contributed by atoms with van der Waals surface area (Å²) in [6, 6.07) is 1.01. The largest absolute Gasteiger partial charge is 0.419 e. The number of amides is 1. The van der Waals surface area contributed by atoms with Crippen LogP contribution in [0.25, 0.3) is 0 Å². The van der Waals surface area contributed by atoms with Gasteiger partial charge in [-0.05, 0) is 43.4 Å². The summed E-state index contributed by atoms with van der Waals surface area (Å²) in [7, 11) is 0. The van der Waals surface area contributed by atoms with Gasteiger partial charge in [0.25, 0.3) is 5.91 Å². The number of hydrogen-bond acceptors (Lipinski definition) is 3. The van der Waals surface area contributed by atoms with E-state index >= 15 is 0 Å². The zero-order valence-corrected chi connectivity index (χ0v) is 15.4. The number of likely N-dealkylation sites (tertiary alicyclic amines) is 1. The number of aromatic amines is 1. The van der Waals surface area contributed by atoms with Gasteiger partial charge in [-0.1, -0.05) is 0 Å². The van der Waals surface area contributed by atoms with Crippen LogP contribution in [0, 0.1) is 11.6 Å². The van der Waals surface area contributed by atoms with E-state index in [-0.39, 0.29) is 43.5 Å². The van der Waals surface area contributed by atoms with E-state index in [1.807, 2.05) is 0 Å². The molecular formula is C19H19F5N4O. The highest BCUT2D eigenvalue weighted by molar-refractivity contribution is 5.94. The molecule has 2 aromatic rings. The Kier molecular flexibility index (Phi) is 5.05. The highest BCUT2D eigenvalue weighted by atomic mass is 19.4. The van der Waals surface area contributed by atoms with Gasteiger partial charge in [0, 0.05) is 31.3 Å². The Morgan fingerprint density at radius 1 is 1.17 bits per heavy atom. The van der Waals surface area contributed by atoms with Crippen molar-refractivity contribution in [2.75, 3.05) is 19.6 Å². The average Bonchev–Trinajstić information content (AvgIpc) is 3.10. The van der Waals surface area contributed by atoms with E-state index in [4.69, 9.17) is 0 Å². The Labute approximate surface area is 163 Å². The van der Waals surface area contributed by atoms with Gasteiger partial charge < -0.3 is 10.2 Å². The number of nitrogens with zero attached hydrogens (tertiary/aromatic N) is 2. The summed E-state index contributed by atoms with van der Waals surface area (Å²) in [5.74, 6) is -3.61. The number of carbonyl (C=O) groups is 1. The van der Waals surface area contributed by atoms with Crippen LogP contribution in [0.2, 0.25) is 0 Å². The highest BCUT2D eigenvalue weighted by Gasteiger charge is 2.40. The second-order valence-electron chi connectivity index (χ2n) is 7.37. The smallest absolute Gasteiger partial charge is 0.337 e. The van der Waals surface area contributed by atoms with Crippen LogP contribution in [0.5, 0.6) is 0 Å². The van der Waals surface area contributed by atoms with Crippen molar-refractivity contribution >= 4 is 5.91 Å². The Morgan fingerprint density at radius 3 is 2.59 bits per heavy atom. The molecule has 1 amide bonds. The lowest BCUT2D eigenvalue weighted by molar-refractivity contribution is -0.141. The van der Waals surface area contributed by atoms with Gasteiger partial charge in [-0.15, -0.1) is 0 Å². The minimum Gasteiger partial charge on any atom is -0.337 e. The zero-order chi connectivity index (χ0) is 20.8. The lowest BCUT2D eigenvalue weighted by Gasteiger charge is -2.33. The molecule has 10 heteroatoms. The second-order valence-corrected chi connectivity index (χ2v) is 7.37. The maximum absolute atomic E-state index is 13.9. The molecule has 0 aliphatic carbocycles. The first-order chi connectivity index (χ1) is 13.8. The predicted molar refractivity (Wildman–Crippen MR) is 93.2 cm³/mol. The van der Waals surface area contributed by atoms with E-state index in [1.165, 1.54) is 4.90 Å². The van der Waals surface area contributed by atoms with Crippen LogP contribution < -0.4 is 5.32 Å². The first kappa shape index (κ1) is 19.8. The van der Waals surface area contributed by atoms with Gasteiger partial charge in [-0.3, -0.25) is 9.89 Å². The van der Waals surface area contributed by atoms with Crippen molar-refractivity contribution in [1.82, 2.24) is 20.4 Å². The third kappa shape index (κ3) is 3.73. The molecule has 1 aromatic heterocycles. The SMILES string of the molecule is O=C(c1n[nH]c2c1CCNC2)N1CCC(c2cc(F)cc(F)c2C(F)(F)F)CC1. The summed E-state index contributed by atoms with van der Waals surface area (Å²) < 4.78 is 67.4. The molecule has 2 aliphatic heterocycles. The van der Waals surface area contributed by atoms with Crippen molar-refractivity contribution in [1.29, 1.82) is 0 Å². The van der Waals surface area contributed by atoms with Crippen LogP contribution in [0.15, 0.2) is 12.1 Å². The number of rotatable bonds is 2. The molecule has 0 spiro atoms. The first-order valence-corrected chi connectivity index (χ1v) is 9.38. The van der Waals surface area contributed by atoms with Crippen molar-refractivity contribution in [3.8, 4) is 0 Å². The van der Waals surface area contributed by atoms with Crippen molar-refractivity contribution in [2.24, 2.45) is 0 Å². The van der Waals surface area contributed by atoms with E-state index < -0.39 is 29.3 Å². The van der Waals surface area contributed by atoms with Gasteiger partial charge in [0.1, 0.15) is 11.6 Å². The number of fused-ring (bicyclic) bond motifs is 1. The summed E-state index contributed by atoms with van der Waals surface area (Å²) in [5.41, 5.74) is 0.262. The van der Waals surface area contributed by atoms with Gasteiger partial charge in [0.05, 0.1) is 11.3 Å². The number of halogens is 5. The Morgan fingerprint density at radius 2 is 1.90 bits per heavy atom. The number of H-pyrrole nitrogens is 1. The fourth-order valence-corrected chi connectivity index (χ4v) is 4.18. The van der Waals surface area contributed by atoms with Crippen molar-refractivity contribution in [3.63, 3.8) is 0 Å². The van der Waals surface area contributed by atoms with Crippen molar-refractivity contribution in [2.45, 2.75) is 37.9 Å². The van der Waals surface area contributed by atoms with Crippen LogP contribution >= 0.6 is 0 Å². The summed E-state index contributed by atoms with van der Waals surface area (Å²) >= 11 is 0. The van der Waals surface area contributed by atoms with Crippen LogP contribution in [-0.4, -0.2) is 40.6 Å². The van der Waals surface area contributed by atoms with Crippen LogP contribution in [0.3, 0.4) is 0 Å². The number of piperidine rings is 1. The van der Waals surface area contributed by atoms with Crippen molar-refractivity contribution in [3.05, 3.63) is 51.8 Å². The Balaban J connectivity index is 1.52. The molecule has 29 heavy (non-hydrogen) atoms. The summed E-state index contributed by atoms with van der Waals surface area (Å²) in [6.07, 6.45) is -3.87. The Bertz CT molecular complexity index is 931.